The SMILES string of the molecule is CC(C)(C)C1C(Oc2nc(-c3n[nH]c(=O)[nH]3)cc3ccccc23)CCN1C=O. The standard InChI is InChI=1S/C20H23N5O3/c1-20(2,3)16-15(8-9-25(16)11-26)28-18-13-7-5-4-6-12(13)10-14(21-18)17-22-19(27)24-23-17/h4-7,10-11,15-16H,8-9H2,1-3H3,(H2,22,23,24,27). The summed E-state index contributed by atoms with van der Waals surface area (Å²) in [6, 6.07) is 9.59. The van der Waals surface area contributed by atoms with Crippen LogP contribution in [0.2, 0.25) is 0 Å². The van der Waals surface area contributed by atoms with Crippen LogP contribution in [0.25, 0.3) is 22.3 Å². The molecule has 3 aromatic rings. The smallest absolute Gasteiger partial charge is 0.340 e. The maximum absolute atomic E-state index is 11.5. The number of H-pyrrole nitrogens is 2. The van der Waals surface area contributed by atoms with E-state index in [9.17, 15) is 9.59 Å². The van der Waals surface area contributed by atoms with Crippen molar-refractivity contribution in [2.75, 3.05) is 6.54 Å². The Morgan fingerprint density at radius 2 is 2.07 bits per heavy atom. The van der Waals surface area contributed by atoms with Crippen LogP contribution >= 0.6 is 0 Å². The molecule has 1 aliphatic heterocycles. The molecule has 28 heavy (non-hydrogen) atoms. The molecule has 0 spiro atoms. The van der Waals surface area contributed by atoms with Crippen molar-refractivity contribution in [1.29, 1.82) is 0 Å². The van der Waals surface area contributed by atoms with Crippen LogP contribution in [0, 0.1) is 5.41 Å². The first-order valence-corrected chi connectivity index (χ1v) is 9.29. The van der Waals surface area contributed by atoms with Gasteiger partial charge in [-0.05, 0) is 22.9 Å². The Bertz CT molecular complexity index is 1070. The monoisotopic (exact) mass is 381 g/mol. The van der Waals surface area contributed by atoms with E-state index in [0.717, 1.165) is 23.6 Å². The molecule has 2 aromatic heterocycles. The fraction of sp³-hybridized carbons (Fsp3) is 0.400. The number of nitrogens with one attached hydrogen (secondary N) is 2. The molecular weight excluding hydrogens is 358 g/mol. The van der Waals surface area contributed by atoms with Gasteiger partial charge in [-0.3, -0.25) is 9.78 Å². The number of amides is 1. The molecule has 8 heteroatoms. The summed E-state index contributed by atoms with van der Waals surface area (Å²) in [4.78, 5) is 32.0. The van der Waals surface area contributed by atoms with E-state index in [0.29, 0.717) is 23.9 Å². The number of aromatic amines is 2. The van der Waals surface area contributed by atoms with E-state index in [4.69, 9.17) is 4.74 Å². The van der Waals surface area contributed by atoms with Crippen LogP contribution in [0.15, 0.2) is 35.1 Å². The van der Waals surface area contributed by atoms with Gasteiger partial charge in [-0.2, -0.15) is 5.10 Å². The van der Waals surface area contributed by atoms with Crippen LogP contribution in [0.5, 0.6) is 5.88 Å². The Balaban J connectivity index is 1.77. The van der Waals surface area contributed by atoms with Crippen molar-refractivity contribution in [2.24, 2.45) is 5.41 Å². The number of carbonyl (C=O) groups excluding carboxylic acids is 1. The lowest BCUT2D eigenvalue weighted by atomic mass is 9.84. The minimum Gasteiger partial charge on any atom is -0.472 e. The van der Waals surface area contributed by atoms with Gasteiger partial charge in [0.25, 0.3) is 0 Å². The van der Waals surface area contributed by atoms with Crippen LogP contribution in [-0.2, 0) is 4.79 Å². The Labute approximate surface area is 161 Å². The lowest BCUT2D eigenvalue weighted by Gasteiger charge is -2.36. The molecule has 3 heterocycles. The van der Waals surface area contributed by atoms with Crippen molar-refractivity contribution in [3.63, 3.8) is 0 Å². The van der Waals surface area contributed by atoms with Crippen molar-refractivity contribution in [3.8, 4) is 17.4 Å². The molecule has 8 nitrogen and oxygen atoms in total. The third kappa shape index (κ3) is 3.26. The largest absolute Gasteiger partial charge is 0.472 e. The summed E-state index contributed by atoms with van der Waals surface area (Å²) in [7, 11) is 0. The quantitative estimate of drug-likeness (QED) is 0.675. The van der Waals surface area contributed by atoms with Crippen LogP contribution in [0.4, 0.5) is 0 Å². The number of aromatic nitrogens is 4. The van der Waals surface area contributed by atoms with Crippen LogP contribution in [0.1, 0.15) is 27.2 Å². The lowest BCUT2D eigenvalue weighted by Crippen LogP contribution is -2.46. The summed E-state index contributed by atoms with van der Waals surface area (Å²) in [5.74, 6) is 0.831. The molecule has 1 fully saturated rings. The number of carbonyl (C=O) groups is 1. The number of hydrogen-bond donors (Lipinski definition) is 2. The second-order valence-electron chi connectivity index (χ2n) is 8.16. The molecule has 146 valence electrons. The van der Waals surface area contributed by atoms with Crippen molar-refractivity contribution in [2.45, 2.75) is 39.3 Å². The number of rotatable bonds is 4. The molecule has 4 rings (SSSR count). The zero-order chi connectivity index (χ0) is 19.9. The van der Waals surface area contributed by atoms with Gasteiger partial charge in [0.15, 0.2) is 5.82 Å². The molecule has 2 unspecified atom stereocenters. The zero-order valence-corrected chi connectivity index (χ0v) is 16.1. The molecule has 0 radical (unpaired) electrons. The van der Waals surface area contributed by atoms with E-state index in [2.05, 4.69) is 40.9 Å². The Hall–Kier alpha value is -3.16. The summed E-state index contributed by atoms with van der Waals surface area (Å²) < 4.78 is 6.39. The summed E-state index contributed by atoms with van der Waals surface area (Å²) in [5.41, 5.74) is -0.00892. The van der Waals surface area contributed by atoms with Gasteiger partial charge in [-0.15, -0.1) is 0 Å². The van der Waals surface area contributed by atoms with E-state index in [1.165, 1.54) is 0 Å². The summed E-state index contributed by atoms with van der Waals surface area (Å²) in [6.07, 6.45) is 1.46. The third-order valence-electron chi connectivity index (χ3n) is 5.12. The summed E-state index contributed by atoms with van der Waals surface area (Å²) in [6.45, 7) is 6.96. The maximum Gasteiger partial charge on any atom is 0.340 e. The van der Waals surface area contributed by atoms with Crippen LogP contribution in [-0.4, -0.2) is 50.2 Å². The predicted molar refractivity (Wildman–Crippen MR) is 105 cm³/mol. The van der Waals surface area contributed by atoms with Gasteiger partial charge in [-0.1, -0.05) is 39.0 Å². The summed E-state index contributed by atoms with van der Waals surface area (Å²) in [5, 5.41) is 8.15. The van der Waals surface area contributed by atoms with Gasteiger partial charge in [0.1, 0.15) is 11.8 Å². The second-order valence-corrected chi connectivity index (χ2v) is 8.16. The minimum atomic E-state index is -0.391. The van der Waals surface area contributed by atoms with E-state index < -0.39 is 5.69 Å². The van der Waals surface area contributed by atoms with Gasteiger partial charge >= 0.3 is 5.69 Å². The van der Waals surface area contributed by atoms with Gasteiger partial charge < -0.3 is 9.64 Å². The number of benzene rings is 1. The maximum atomic E-state index is 11.5. The Morgan fingerprint density at radius 3 is 2.75 bits per heavy atom. The van der Waals surface area contributed by atoms with Crippen LogP contribution in [0.3, 0.4) is 0 Å². The van der Waals surface area contributed by atoms with Crippen LogP contribution < -0.4 is 10.4 Å². The molecule has 1 aliphatic rings. The normalized spacial score (nSPS) is 19.9. The Morgan fingerprint density at radius 1 is 1.29 bits per heavy atom. The van der Waals surface area contributed by atoms with Crippen molar-refractivity contribution in [1.82, 2.24) is 25.1 Å². The number of hydrogen-bond acceptors (Lipinski definition) is 5. The third-order valence-corrected chi connectivity index (χ3v) is 5.12. The molecular formula is C20H23N5O3. The predicted octanol–water partition coefficient (Wildman–Crippen LogP) is 2.34. The van der Waals surface area contributed by atoms with Gasteiger partial charge in [0, 0.05) is 18.4 Å². The average Bonchev–Trinajstić information content (AvgIpc) is 3.27. The highest BCUT2D eigenvalue weighted by Crippen LogP contribution is 2.36. The molecule has 0 saturated carbocycles. The van der Waals surface area contributed by atoms with Crippen molar-refractivity contribution in [3.05, 3.63) is 40.8 Å². The first-order chi connectivity index (χ1) is 13.4. The Kier molecular flexibility index (Phi) is 4.41. The number of likely N-dealkylation sites (tertiary alicyclic amines) is 1. The molecule has 2 N–H and O–H groups in total. The lowest BCUT2D eigenvalue weighted by molar-refractivity contribution is -0.121. The van der Waals surface area contributed by atoms with Gasteiger partial charge in [0.05, 0.1) is 6.04 Å². The number of pyridine rings is 1. The second kappa shape index (κ2) is 6.78. The van der Waals surface area contributed by atoms with E-state index >= 15 is 0 Å². The molecule has 0 bridgehead atoms. The van der Waals surface area contributed by atoms with Crippen molar-refractivity contribution >= 4 is 17.2 Å². The first kappa shape index (κ1) is 18.2. The number of fused-ring (bicyclic) bond motifs is 1. The molecule has 2 atom stereocenters. The summed E-state index contributed by atoms with van der Waals surface area (Å²) >= 11 is 0. The fourth-order valence-electron chi connectivity index (χ4n) is 4.00. The number of ether oxygens (including phenoxy) is 1. The molecule has 1 aromatic carbocycles. The highest BCUT2D eigenvalue weighted by Gasteiger charge is 2.43. The molecule has 1 saturated heterocycles. The van der Waals surface area contributed by atoms with E-state index in [1.807, 2.05) is 35.2 Å². The highest BCUT2D eigenvalue weighted by atomic mass is 16.5. The first-order valence-electron chi connectivity index (χ1n) is 9.29. The minimum absolute atomic E-state index is 0.0561. The molecule has 1 amide bonds. The highest BCUT2D eigenvalue weighted by molar-refractivity contribution is 5.89. The zero-order valence-electron chi connectivity index (χ0n) is 16.1. The van der Waals surface area contributed by atoms with Crippen molar-refractivity contribution < 1.29 is 9.53 Å². The molecule has 0 aliphatic carbocycles. The topological polar surface area (TPSA) is 104 Å². The number of nitrogens with zero attached hydrogens (tertiary/aromatic N) is 3. The fourth-order valence-corrected chi connectivity index (χ4v) is 4.00. The van der Waals surface area contributed by atoms with E-state index in [-0.39, 0.29) is 17.6 Å². The van der Waals surface area contributed by atoms with E-state index in [1.54, 1.807) is 0 Å². The average molecular weight is 381 g/mol. The van der Waals surface area contributed by atoms with Gasteiger partial charge in [-0.25, -0.2) is 14.9 Å². The van der Waals surface area contributed by atoms with Gasteiger partial charge in [0.2, 0.25) is 12.3 Å².